The van der Waals surface area contributed by atoms with Gasteiger partial charge in [0.25, 0.3) is 0 Å². The fraction of sp³-hybridized carbons (Fsp3) is 0.778. The van der Waals surface area contributed by atoms with Gasteiger partial charge in [-0.15, -0.1) is 11.3 Å². The molecule has 0 atom stereocenters. The molecule has 2 aliphatic rings. The lowest BCUT2D eigenvalue weighted by Crippen LogP contribution is -2.50. The first-order chi connectivity index (χ1) is 12.9. The van der Waals surface area contributed by atoms with E-state index in [2.05, 4.69) is 19.9 Å². The van der Waals surface area contributed by atoms with Gasteiger partial charge in [0.15, 0.2) is 5.13 Å². The third-order valence-corrected chi connectivity index (χ3v) is 6.93. The second-order valence-electron chi connectivity index (χ2n) is 7.66. The van der Waals surface area contributed by atoms with Gasteiger partial charge in [-0.25, -0.2) is 22.9 Å². The number of thiazole rings is 1. The van der Waals surface area contributed by atoms with Crippen LogP contribution in [0, 0.1) is 0 Å². The molecule has 2 aliphatic carbocycles. The van der Waals surface area contributed by atoms with E-state index in [-0.39, 0.29) is 12.6 Å². The number of anilines is 1. The van der Waals surface area contributed by atoms with Gasteiger partial charge in [0.1, 0.15) is 0 Å². The maximum absolute atomic E-state index is 13.1. The van der Waals surface area contributed by atoms with Gasteiger partial charge in [-0.3, -0.25) is 5.32 Å². The molecule has 9 heteroatoms. The van der Waals surface area contributed by atoms with Crippen LogP contribution in [-0.4, -0.2) is 42.7 Å². The Morgan fingerprint density at radius 3 is 2.19 bits per heavy atom. The number of hydrogen-bond acceptors (Lipinski definition) is 5. The van der Waals surface area contributed by atoms with E-state index in [0.29, 0.717) is 22.9 Å². The third-order valence-electron chi connectivity index (χ3n) is 5.45. The van der Waals surface area contributed by atoms with Crippen molar-refractivity contribution in [2.24, 2.45) is 0 Å². The van der Waals surface area contributed by atoms with E-state index in [1.165, 1.54) is 49.9 Å². The van der Waals surface area contributed by atoms with Gasteiger partial charge >= 0.3 is 6.03 Å². The minimum Gasteiger partial charge on any atom is -0.319 e. The molecule has 152 valence electrons. The molecule has 1 aromatic rings. The molecule has 1 aromatic heterocycles. The van der Waals surface area contributed by atoms with Crippen molar-refractivity contribution in [3.05, 3.63) is 11.1 Å². The summed E-state index contributed by atoms with van der Waals surface area (Å²) in [5.41, 5.74) is 0.614. The number of aromatic nitrogens is 1. The number of rotatable bonds is 6. The first kappa shape index (κ1) is 20.5. The SMILES string of the molecule is CS(=O)(=O)NCc1csc(NC(=O)N(C2CCCCC2)C2CCCCC2)n1. The molecule has 0 aliphatic heterocycles. The highest BCUT2D eigenvalue weighted by Gasteiger charge is 2.32. The molecule has 0 aromatic carbocycles. The van der Waals surface area contributed by atoms with Crippen molar-refractivity contribution in [2.75, 3.05) is 11.6 Å². The zero-order valence-corrected chi connectivity index (χ0v) is 17.6. The molecule has 2 amide bonds. The fourth-order valence-corrected chi connectivity index (χ4v) is 5.26. The Bertz CT molecular complexity index is 705. The molecule has 2 N–H and O–H groups in total. The van der Waals surface area contributed by atoms with Crippen molar-refractivity contribution in [1.82, 2.24) is 14.6 Å². The molecule has 0 radical (unpaired) electrons. The second kappa shape index (κ2) is 9.34. The largest absolute Gasteiger partial charge is 0.324 e. The van der Waals surface area contributed by atoms with Crippen LogP contribution in [0.1, 0.15) is 69.9 Å². The summed E-state index contributed by atoms with van der Waals surface area (Å²) in [6, 6.07) is 0.604. The van der Waals surface area contributed by atoms with Gasteiger partial charge in [0.2, 0.25) is 10.0 Å². The summed E-state index contributed by atoms with van der Waals surface area (Å²) in [5, 5.41) is 5.28. The second-order valence-corrected chi connectivity index (χ2v) is 10.3. The molecule has 0 unspecified atom stereocenters. The Morgan fingerprint density at radius 1 is 1.11 bits per heavy atom. The lowest BCUT2D eigenvalue weighted by Gasteiger charge is -2.41. The summed E-state index contributed by atoms with van der Waals surface area (Å²) < 4.78 is 24.9. The van der Waals surface area contributed by atoms with Crippen LogP contribution in [-0.2, 0) is 16.6 Å². The quantitative estimate of drug-likeness (QED) is 0.743. The standard InChI is InChI=1S/C18H30N4O3S2/c1-27(24,25)19-12-14-13-26-17(20-14)21-18(23)22(15-8-4-2-5-9-15)16-10-6-3-7-11-16/h13,15-16,19H,2-12H2,1H3,(H,20,21,23). The van der Waals surface area contributed by atoms with Crippen molar-refractivity contribution in [3.63, 3.8) is 0 Å². The molecular formula is C18H30N4O3S2. The van der Waals surface area contributed by atoms with E-state index in [1.807, 2.05) is 0 Å². The Morgan fingerprint density at radius 2 is 1.67 bits per heavy atom. The highest BCUT2D eigenvalue weighted by molar-refractivity contribution is 7.88. The van der Waals surface area contributed by atoms with Gasteiger partial charge in [0, 0.05) is 17.5 Å². The molecular weight excluding hydrogens is 384 g/mol. The molecule has 2 saturated carbocycles. The first-order valence-electron chi connectivity index (χ1n) is 9.91. The van der Waals surface area contributed by atoms with Crippen LogP contribution in [0.15, 0.2) is 5.38 Å². The van der Waals surface area contributed by atoms with Crippen molar-refractivity contribution in [1.29, 1.82) is 0 Å². The summed E-state index contributed by atoms with van der Waals surface area (Å²) >= 11 is 1.33. The Balaban J connectivity index is 1.65. The maximum atomic E-state index is 13.1. The summed E-state index contributed by atoms with van der Waals surface area (Å²) in [5.74, 6) is 0. The molecule has 27 heavy (non-hydrogen) atoms. The monoisotopic (exact) mass is 414 g/mol. The highest BCUT2D eigenvalue weighted by Crippen LogP contribution is 2.31. The highest BCUT2D eigenvalue weighted by atomic mass is 32.2. The van der Waals surface area contributed by atoms with Crippen LogP contribution in [0.25, 0.3) is 0 Å². The van der Waals surface area contributed by atoms with E-state index < -0.39 is 10.0 Å². The summed E-state index contributed by atoms with van der Waals surface area (Å²) in [6.07, 6.45) is 12.8. The third kappa shape index (κ3) is 6.15. The van der Waals surface area contributed by atoms with E-state index in [9.17, 15) is 13.2 Å². The molecule has 0 spiro atoms. The molecule has 2 fully saturated rings. The van der Waals surface area contributed by atoms with Crippen molar-refractivity contribution >= 4 is 32.5 Å². The number of urea groups is 1. The normalized spacial score (nSPS) is 19.7. The van der Waals surface area contributed by atoms with E-state index in [4.69, 9.17) is 0 Å². The van der Waals surface area contributed by atoms with Gasteiger partial charge in [-0.05, 0) is 25.7 Å². The number of carbonyl (C=O) groups excluding carboxylic acids is 1. The van der Waals surface area contributed by atoms with Crippen molar-refractivity contribution in [3.8, 4) is 0 Å². The Kier molecular flexibility index (Phi) is 7.10. The molecule has 0 bridgehead atoms. The average Bonchev–Trinajstić information content (AvgIpc) is 3.09. The van der Waals surface area contributed by atoms with Crippen LogP contribution < -0.4 is 10.0 Å². The van der Waals surface area contributed by atoms with Gasteiger partial charge < -0.3 is 4.90 Å². The van der Waals surface area contributed by atoms with Gasteiger partial charge in [-0.2, -0.15) is 0 Å². The van der Waals surface area contributed by atoms with Crippen molar-refractivity contribution in [2.45, 2.75) is 82.8 Å². The molecule has 7 nitrogen and oxygen atoms in total. The topological polar surface area (TPSA) is 91.4 Å². The molecule has 1 heterocycles. The predicted octanol–water partition coefficient (Wildman–Crippen LogP) is 3.69. The summed E-state index contributed by atoms with van der Waals surface area (Å²) in [4.78, 5) is 19.6. The van der Waals surface area contributed by atoms with Gasteiger partial charge in [-0.1, -0.05) is 38.5 Å². The zero-order chi connectivity index (χ0) is 19.3. The lowest BCUT2D eigenvalue weighted by molar-refractivity contribution is 0.114. The first-order valence-corrected chi connectivity index (χ1v) is 12.7. The Hall–Kier alpha value is -1.19. The van der Waals surface area contributed by atoms with Crippen LogP contribution >= 0.6 is 11.3 Å². The van der Waals surface area contributed by atoms with Crippen LogP contribution in [0.4, 0.5) is 9.93 Å². The smallest absolute Gasteiger partial charge is 0.319 e. The number of sulfonamides is 1. The molecule has 0 saturated heterocycles. The Labute approximate surface area is 166 Å². The number of amides is 2. The number of hydrogen-bond donors (Lipinski definition) is 2. The lowest BCUT2D eigenvalue weighted by atomic mass is 9.89. The fourth-order valence-electron chi connectivity index (χ4n) is 4.15. The van der Waals surface area contributed by atoms with Crippen LogP contribution in [0.5, 0.6) is 0 Å². The predicted molar refractivity (Wildman–Crippen MR) is 108 cm³/mol. The minimum absolute atomic E-state index is 0.0502. The minimum atomic E-state index is -3.26. The van der Waals surface area contributed by atoms with E-state index >= 15 is 0 Å². The number of carbonyl (C=O) groups is 1. The van der Waals surface area contributed by atoms with Gasteiger partial charge in [0.05, 0.1) is 18.5 Å². The zero-order valence-electron chi connectivity index (χ0n) is 15.9. The van der Waals surface area contributed by atoms with Crippen molar-refractivity contribution < 1.29 is 13.2 Å². The summed E-state index contributed by atoms with van der Waals surface area (Å²) in [6.45, 7) is 0.139. The summed E-state index contributed by atoms with van der Waals surface area (Å²) in [7, 11) is -3.26. The van der Waals surface area contributed by atoms with E-state index in [1.54, 1.807) is 5.38 Å². The van der Waals surface area contributed by atoms with E-state index in [0.717, 1.165) is 31.9 Å². The van der Waals surface area contributed by atoms with Crippen LogP contribution in [0.3, 0.4) is 0 Å². The van der Waals surface area contributed by atoms with Crippen LogP contribution in [0.2, 0.25) is 0 Å². The molecule has 3 rings (SSSR count). The number of nitrogens with one attached hydrogen (secondary N) is 2. The average molecular weight is 415 g/mol. The maximum Gasteiger partial charge on any atom is 0.324 e. The number of nitrogens with zero attached hydrogens (tertiary/aromatic N) is 2.